The maximum absolute atomic E-state index is 11.9. The van der Waals surface area contributed by atoms with Crippen molar-refractivity contribution >= 4 is 11.9 Å². The van der Waals surface area contributed by atoms with Crippen LogP contribution in [0.3, 0.4) is 0 Å². The van der Waals surface area contributed by atoms with E-state index in [0.717, 1.165) is 12.8 Å². The number of carbonyl (C=O) groups is 1. The van der Waals surface area contributed by atoms with Crippen LogP contribution >= 0.6 is 0 Å². The third kappa shape index (κ3) is 3.13. The predicted molar refractivity (Wildman–Crippen MR) is 62.2 cm³/mol. The minimum Gasteiger partial charge on any atom is -0.334 e. The van der Waals surface area contributed by atoms with Crippen molar-refractivity contribution in [1.82, 2.24) is 15.0 Å². The second-order valence-corrected chi connectivity index (χ2v) is 3.94. The van der Waals surface area contributed by atoms with Gasteiger partial charge >= 0.3 is 0 Å². The summed E-state index contributed by atoms with van der Waals surface area (Å²) in [6, 6.07) is 1.74. The second-order valence-electron chi connectivity index (χ2n) is 3.94. The van der Waals surface area contributed by atoms with E-state index < -0.39 is 0 Å². The molecule has 1 aliphatic heterocycles. The van der Waals surface area contributed by atoms with Gasteiger partial charge in [-0.3, -0.25) is 9.63 Å². The van der Waals surface area contributed by atoms with Crippen LogP contribution < -0.4 is 4.90 Å². The molecule has 1 aromatic heterocycles. The Kier molecular flexibility index (Phi) is 3.87. The van der Waals surface area contributed by atoms with E-state index in [1.54, 1.807) is 30.4 Å². The molecule has 17 heavy (non-hydrogen) atoms. The van der Waals surface area contributed by atoms with Crippen LogP contribution in [0, 0.1) is 0 Å². The number of hydrogen-bond acceptors (Lipinski definition) is 5. The molecule has 2 rings (SSSR count). The van der Waals surface area contributed by atoms with Gasteiger partial charge in [-0.25, -0.2) is 15.0 Å². The molecular formula is C11H16N4O2. The van der Waals surface area contributed by atoms with Gasteiger partial charge in [0.1, 0.15) is 6.54 Å². The molecule has 0 bridgehead atoms. The van der Waals surface area contributed by atoms with Crippen LogP contribution in [0.4, 0.5) is 5.95 Å². The summed E-state index contributed by atoms with van der Waals surface area (Å²) < 4.78 is 0. The van der Waals surface area contributed by atoms with Gasteiger partial charge in [-0.15, -0.1) is 0 Å². The highest BCUT2D eigenvalue weighted by atomic mass is 16.7. The highest BCUT2D eigenvalue weighted by Gasteiger charge is 2.19. The predicted octanol–water partition coefficient (Wildman–Crippen LogP) is 0.467. The van der Waals surface area contributed by atoms with E-state index in [0.29, 0.717) is 19.1 Å². The normalized spacial score (nSPS) is 15.7. The van der Waals surface area contributed by atoms with E-state index in [1.807, 2.05) is 0 Å². The lowest BCUT2D eigenvalue weighted by Crippen LogP contribution is -2.42. The topological polar surface area (TPSA) is 58.6 Å². The summed E-state index contributed by atoms with van der Waals surface area (Å²) in [5.74, 6) is 0.484. The summed E-state index contributed by atoms with van der Waals surface area (Å²) >= 11 is 0. The van der Waals surface area contributed by atoms with Crippen LogP contribution in [0.15, 0.2) is 18.5 Å². The highest BCUT2D eigenvalue weighted by molar-refractivity contribution is 5.79. The molecule has 6 nitrogen and oxygen atoms in total. The number of nitrogens with zero attached hydrogens (tertiary/aromatic N) is 4. The molecule has 0 saturated carbocycles. The zero-order valence-electron chi connectivity index (χ0n) is 9.87. The first-order valence-corrected chi connectivity index (χ1v) is 5.69. The van der Waals surface area contributed by atoms with Crippen molar-refractivity contribution in [2.75, 3.05) is 31.6 Å². The Morgan fingerprint density at radius 2 is 2.24 bits per heavy atom. The summed E-state index contributed by atoms with van der Waals surface area (Å²) in [5.41, 5.74) is 0. The number of aromatic nitrogens is 2. The lowest BCUT2D eigenvalue weighted by molar-refractivity contribution is -0.195. The average Bonchev–Trinajstić information content (AvgIpc) is 2.40. The molecule has 1 amide bonds. The van der Waals surface area contributed by atoms with E-state index in [4.69, 9.17) is 4.84 Å². The first-order chi connectivity index (χ1) is 8.27. The summed E-state index contributed by atoms with van der Waals surface area (Å²) in [5, 5.41) is 1.43. The van der Waals surface area contributed by atoms with Gasteiger partial charge in [-0.2, -0.15) is 0 Å². The number of carbonyl (C=O) groups excluding carboxylic acids is 1. The van der Waals surface area contributed by atoms with Crippen molar-refractivity contribution in [3.8, 4) is 0 Å². The van der Waals surface area contributed by atoms with Crippen molar-refractivity contribution in [3.05, 3.63) is 18.5 Å². The largest absolute Gasteiger partial charge is 0.334 e. The highest BCUT2D eigenvalue weighted by Crippen LogP contribution is 2.08. The SMILES string of the molecule is CN(CC(=O)N1CCCCO1)c1ncccn1. The van der Waals surface area contributed by atoms with Crippen LogP contribution in [0.5, 0.6) is 0 Å². The molecule has 6 heteroatoms. The van der Waals surface area contributed by atoms with E-state index in [1.165, 1.54) is 5.06 Å². The molecule has 0 spiro atoms. The Bertz CT molecular complexity index is 365. The summed E-state index contributed by atoms with van der Waals surface area (Å²) in [4.78, 5) is 27.0. The fraction of sp³-hybridized carbons (Fsp3) is 0.545. The Hall–Kier alpha value is -1.69. The minimum absolute atomic E-state index is 0.0559. The average molecular weight is 236 g/mol. The van der Waals surface area contributed by atoms with Gasteiger partial charge < -0.3 is 4.90 Å². The van der Waals surface area contributed by atoms with Gasteiger partial charge in [0.25, 0.3) is 5.91 Å². The molecule has 2 heterocycles. The van der Waals surface area contributed by atoms with Gasteiger partial charge in [0, 0.05) is 26.0 Å². The van der Waals surface area contributed by atoms with E-state index >= 15 is 0 Å². The zero-order chi connectivity index (χ0) is 12.1. The summed E-state index contributed by atoms with van der Waals surface area (Å²) in [6.07, 6.45) is 5.32. The number of rotatable bonds is 3. The fourth-order valence-electron chi connectivity index (χ4n) is 1.63. The number of amides is 1. The minimum atomic E-state index is -0.0559. The number of hydroxylamine groups is 2. The molecule has 1 aliphatic rings. The summed E-state index contributed by atoms with van der Waals surface area (Å²) in [6.45, 7) is 1.52. The molecule has 92 valence electrons. The van der Waals surface area contributed by atoms with E-state index in [9.17, 15) is 4.79 Å². The molecule has 1 fully saturated rings. The van der Waals surface area contributed by atoms with Crippen LogP contribution in [-0.2, 0) is 9.63 Å². The molecule has 1 aromatic rings. The molecular weight excluding hydrogens is 220 g/mol. The Morgan fingerprint density at radius 3 is 2.88 bits per heavy atom. The van der Waals surface area contributed by atoms with E-state index in [2.05, 4.69) is 9.97 Å². The molecule has 1 saturated heterocycles. The lowest BCUT2D eigenvalue weighted by Gasteiger charge is -2.27. The Balaban J connectivity index is 1.89. The first-order valence-electron chi connectivity index (χ1n) is 5.69. The van der Waals surface area contributed by atoms with Crippen molar-refractivity contribution < 1.29 is 9.63 Å². The van der Waals surface area contributed by atoms with Crippen molar-refractivity contribution in [1.29, 1.82) is 0 Å². The maximum atomic E-state index is 11.9. The molecule has 0 unspecified atom stereocenters. The number of anilines is 1. The van der Waals surface area contributed by atoms with Crippen molar-refractivity contribution in [2.45, 2.75) is 12.8 Å². The summed E-state index contributed by atoms with van der Waals surface area (Å²) in [7, 11) is 1.79. The van der Waals surface area contributed by atoms with Gasteiger partial charge in [-0.1, -0.05) is 0 Å². The van der Waals surface area contributed by atoms with Gasteiger partial charge in [0.2, 0.25) is 5.95 Å². The second kappa shape index (κ2) is 5.58. The van der Waals surface area contributed by atoms with Crippen LogP contribution in [0.2, 0.25) is 0 Å². The molecule has 0 radical (unpaired) electrons. The lowest BCUT2D eigenvalue weighted by atomic mass is 10.3. The molecule has 0 N–H and O–H groups in total. The number of likely N-dealkylation sites (N-methyl/N-ethyl adjacent to an activating group) is 1. The van der Waals surface area contributed by atoms with Crippen LogP contribution in [-0.4, -0.2) is 47.7 Å². The molecule has 0 atom stereocenters. The number of hydrogen-bond donors (Lipinski definition) is 0. The Morgan fingerprint density at radius 1 is 1.47 bits per heavy atom. The van der Waals surface area contributed by atoms with Gasteiger partial charge in [-0.05, 0) is 18.9 Å². The smallest absolute Gasteiger partial charge is 0.265 e. The van der Waals surface area contributed by atoms with Gasteiger partial charge in [0.05, 0.1) is 6.61 Å². The third-order valence-electron chi connectivity index (χ3n) is 2.55. The monoisotopic (exact) mass is 236 g/mol. The first kappa shape index (κ1) is 11.8. The maximum Gasteiger partial charge on any atom is 0.265 e. The fourth-order valence-corrected chi connectivity index (χ4v) is 1.63. The van der Waals surface area contributed by atoms with Crippen LogP contribution in [0.1, 0.15) is 12.8 Å². The quantitative estimate of drug-likeness (QED) is 0.763. The van der Waals surface area contributed by atoms with Crippen molar-refractivity contribution in [2.24, 2.45) is 0 Å². The zero-order valence-corrected chi connectivity index (χ0v) is 9.87. The van der Waals surface area contributed by atoms with E-state index in [-0.39, 0.29) is 12.5 Å². The Labute approximate surface area is 100 Å². The third-order valence-corrected chi connectivity index (χ3v) is 2.55. The van der Waals surface area contributed by atoms with Crippen LogP contribution in [0.25, 0.3) is 0 Å². The molecule has 0 aliphatic carbocycles. The van der Waals surface area contributed by atoms with Gasteiger partial charge in [0.15, 0.2) is 0 Å². The van der Waals surface area contributed by atoms with Crippen molar-refractivity contribution in [3.63, 3.8) is 0 Å². The standard InChI is InChI=1S/C11H16N4O2/c1-14(11-12-5-4-6-13-11)9-10(16)15-7-2-3-8-17-15/h4-6H,2-3,7-9H2,1H3. The molecule has 0 aromatic carbocycles.